The van der Waals surface area contributed by atoms with Crippen molar-refractivity contribution in [3.63, 3.8) is 0 Å². The predicted molar refractivity (Wildman–Crippen MR) is 96.4 cm³/mol. The highest BCUT2D eigenvalue weighted by atomic mass is 16.5. The number of hydrogen-bond acceptors (Lipinski definition) is 4. The Labute approximate surface area is 148 Å². The van der Waals surface area contributed by atoms with Crippen LogP contribution in [0.1, 0.15) is 36.4 Å². The minimum absolute atomic E-state index is 0.0915. The molecule has 0 bridgehead atoms. The lowest BCUT2D eigenvalue weighted by atomic mass is 10.1. The number of carbonyl (C=O) groups is 1. The monoisotopic (exact) mass is 343 g/mol. The van der Waals surface area contributed by atoms with Gasteiger partial charge in [-0.25, -0.2) is 0 Å². The first kappa shape index (κ1) is 17.3. The maximum absolute atomic E-state index is 12.6. The Morgan fingerprint density at radius 2 is 2.20 bits per heavy atom. The zero-order valence-electron chi connectivity index (χ0n) is 15.5. The average Bonchev–Trinajstić information content (AvgIpc) is 3.01. The summed E-state index contributed by atoms with van der Waals surface area (Å²) >= 11 is 0. The number of anilines is 1. The van der Waals surface area contributed by atoms with E-state index < -0.39 is 0 Å². The van der Waals surface area contributed by atoms with Crippen LogP contribution in [0.5, 0.6) is 11.5 Å². The summed E-state index contributed by atoms with van der Waals surface area (Å²) in [4.78, 5) is 12.6. The quantitative estimate of drug-likeness (QED) is 0.906. The molecule has 0 unspecified atom stereocenters. The number of carbonyl (C=O) groups excluding carboxylic acids is 1. The van der Waals surface area contributed by atoms with Crippen molar-refractivity contribution in [2.75, 3.05) is 11.9 Å². The van der Waals surface area contributed by atoms with Crippen LogP contribution in [0.15, 0.2) is 12.1 Å². The zero-order chi connectivity index (χ0) is 18.1. The molecule has 1 aliphatic heterocycles. The molecule has 0 radical (unpaired) electrons. The van der Waals surface area contributed by atoms with Gasteiger partial charge in [-0.05, 0) is 33.8 Å². The van der Waals surface area contributed by atoms with Gasteiger partial charge >= 0.3 is 0 Å². The number of ether oxygens (including phenoxy) is 2. The average molecular weight is 343 g/mol. The van der Waals surface area contributed by atoms with E-state index >= 15 is 0 Å². The minimum atomic E-state index is -0.0915. The number of amides is 1. The van der Waals surface area contributed by atoms with Crippen LogP contribution in [0.3, 0.4) is 0 Å². The van der Waals surface area contributed by atoms with Gasteiger partial charge in [-0.2, -0.15) is 5.10 Å². The van der Waals surface area contributed by atoms with Crippen molar-refractivity contribution in [3.8, 4) is 11.5 Å². The molecule has 0 spiro atoms. The number of benzene rings is 1. The molecule has 25 heavy (non-hydrogen) atoms. The summed E-state index contributed by atoms with van der Waals surface area (Å²) in [7, 11) is 1.88. The van der Waals surface area contributed by atoms with E-state index in [0.717, 1.165) is 34.7 Å². The van der Waals surface area contributed by atoms with Crippen LogP contribution in [0, 0.1) is 13.8 Å². The van der Waals surface area contributed by atoms with Crippen LogP contribution >= 0.6 is 0 Å². The van der Waals surface area contributed by atoms with Crippen LogP contribution in [0.4, 0.5) is 5.69 Å². The van der Waals surface area contributed by atoms with Crippen LogP contribution in [0.25, 0.3) is 0 Å². The van der Waals surface area contributed by atoms with E-state index in [2.05, 4.69) is 10.4 Å². The van der Waals surface area contributed by atoms with Crippen molar-refractivity contribution in [1.82, 2.24) is 9.78 Å². The van der Waals surface area contributed by atoms with Crippen LogP contribution < -0.4 is 14.8 Å². The van der Waals surface area contributed by atoms with Crippen molar-refractivity contribution >= 4 is 11.6 Å². The lowest BCUT2D eigenvalue weighted by Gasteiger charge is -2.13. The van der Waals surface area contributed by atoms with Crippen LogP contribution in [-0.2, 0) is 24.7 Å². The third-order valence-electron chi connectivity index (χ3n) is 4.57. The van der Waals surface area contributed by atoms with Crippen LogP contribution in [0.2, 0.25) is 0 Å². The Morgan fingerprint density at radius 1 is 1.44 bits per heavy atom. The number of nitrogens with one attached hydrogen (secondary N) is 1. The number of nitrogens with zero attached hydrogens (tertiary/aromatic N) is 2. The van der Waals surface area contributed by atoms with Gasteiger partial charge in [-0.15, -0.1) is 0 Å². The summed E-state index contributed by atoms with van der Waals surface area (Å²) in [5.74, 6) is 1.41. The standard InChI is InChI=1S/C19H25N3O3/c1-6-24-18-8-14-7-11(2)25-17(14)10-16(18)20-19(23)9-15-12(3)21-22(5)13(15)4/h8,10-11H,6-7,9H2,1-5H3,(H,20,23)/t11-/m1/s1. The molecule has 1 amide bonds. The molecule has 134 valence electrons. The highest BCUT2D eigenvalue weighted by Crippen LogP contribution is 2.38. The Kier molecular flexibility index (Phi) is 4.70. The second-order valence-electron chi connectivity index (χ2n) is 6.52. The molecule has 1 N–H and O–H groups in total. The van der Waals surface area contributed by atoms with Crippen molar-refractivity contribution < 1.29 is 14.3 Å². The Hall–Kier alpha value is -2.50. The number of aryl methyl sites for hydroxylation is 2. The molecule has 3 rings (SSSR count). The van der Waals surface area contributed by atoms with Crippen molar-refractivity contribution in [2.45, 2.75) is 46.6 Å². The summed E-state index contributed by atoms with van der Waals surface area (Å²) in [6.07, 6.45) is 1.29. The van der Waals surface area contributed by atoms with Gasteiger partial charge in [0.25, 0.3) is 0 Å². The van der Waals surface area contributed by atoms with Gasteiger partial charge in [0.05, 0.1) is 24.4 Å². The molecule has 0 saturated carbocycles. The first-order valence-electron chi connectivity index (χ1n) is 8.64. The topological polar surface area (TPSA) is 65.4 Å². The van der Waals surface area contributed by atoms with E-state index in [1.54, 1.807) is 4.68 Å². The molecule has 0 fully saturated rings. The number of rotatable bonds is 5. The molecule has 1 aromatic heterocycles. The highest BCUT2D eigenvalue weighted by Gasteiger charge is 2.23. The van der Waals surface area contributed by atoms with Gasteiger partial charge in [0.15, 0.2) is 0 Å². The van der Waals surface area contributed by atoms with Gasteiger partial charge in [0.2, 0.25) is 5.91 Å². The van der Waals surface area contributed by atoms with Crippen molar-refractivity contribution in [1.29, 1.82) is 0 Å². The Balaban J connectivity index is 1.82. The van der Waals surface area contributed by atoms with E-state index in [1.165, 1.54) is 0 Å². The summed E-state index contributed by atoms with van der Waals surface area (Å²) in [6.45, 7) is 8.40. The number of aromatic nitrogens is 2. The first-order valence-corrected chi connectivity index (χ1v) is 8.64. The Bertz CT molecular complexity index is 811. The number of fused-ring (bicyclic) bond motifs is 1. The zero-order valence-corrected chi connectivity index (χ0v) is 15.5. The summed E-state index contributed by atoms with van der Waals surface area (Å²) < 4.78 is 13.3. The van der Waals surface area contributed by atoms with Gasteiger partial charge in [0.1, 0.15) is 17.6 Å². The third kappa shape index (κ3) is 3.48. The molecule has 0 aliphatic carbocycles. The Morgan fingerprint density at radius 3 is 2.84 bits per heavy atom. The maximum atomic E-state index is 12.6. The minimum Gasteiger partial charge on any atom is -0.492 e. The maximum Gasteiger partial charge on any atom is 0.229 e. The van der Waals surface area contributed by atoms with Gasteiger partial charge in [-0.3, -0.25) is 9.48 Å². The van der Waals surface area contributed by atoms with E-state index in [-0.39, 0.29) is 18.4 Å². The van der Waals surface area contributed by atoms with E-state index in [9.17, 15) is 4.79 Å². The van der Waals surface area contributed by atoms with Gasteiger partial charge in [0, 0.05) is 36.4 Å². The molecule has 1 aromatic carbocycles. The largest absolute Gasteiger partial charge is 0.492 e. The molecule has 1 aliphatic rings. The van der Waals surface area contributed by atoms with E-state index in [0.29, 0.717) is 18.0 Å². The second-order valence-corrected chi connectivity index (χ2v) is 6.52. The summed E-state index contributed by atoms with van der Waals surface area (Å²) in [6, 6.07) is 3.84. The van der Waals surface area contributed by atoms with Crippen molar-refractivity contribution in [3.05, 3.63) is 34.6 Å². The molecular weight excluding hydrogens is 318 g/mol. The normalized spacial score (nSPS) is 15.6. The summed E-state index contributed by atoms with van der Waals surface area (Å²) in [5, 5.41) is 7.34. The first-order chi connectivity index (χ1) is 11.9. The lowest BCUT2D eigenvalue weighted by Crippen LogP contribution is -2.16. The smallest absolute Gasteiger partial charge is 0.229 e. The third-order valence-corrected chi connectivity index (χ3v) is 4.57. The SMILES string of the molecule is CCOc1cc2c(cc1NC(=O)Cc1c(C)nn(C)c1C)O[C@H](C)C2. The van der Waals surface area contributed by atoms with Gasteiger partial charge in [-0.1, -0.05) is 0 Å². The summed E-state index contributed by atoms with van der Waals surface area (Å²) in [5.41, 5.74) is 4.62. The molecule has 6 nitrogen and oxygen atoms in total. The molecule has 2 heterocycles. The molecule has 1 atom stereocenters. The fraction of sp³-hybridized carbons (Fsp3) is 0.474. The fourth-order valence-electron chi connectivity index (χ4n) is 3.24. The van der Waals surface area contributed by atoms with E-state index in [4.69, 9.17) is 9.47 Å². The van der Waals surface area contributed by atoms with Crippen molar-refractivity contribution in [2.24, 2.45) is 7.05 Å². The highest BCUT2D eigenvalue weighted by molar-refractivity contribution is 5.94. The van der Waals surface area contributed by atoms with Gasteiger partial charge < -0.3 is 14.8 Å². The molecular formula is C19H25N3O3. The van der Waals surface area contributed by atoms with Crippen LogP contribution in [-0.4, -0.2) is 28.4 Å². The number of hydrogen-bond donors (Lipinski definition) is 1. The van der Waals surface area contributed by atoms with E-state index in [1.807, 2.05) is 46.9 Å². The predicted octanol–water partition coefficient (Wildman–Crippen LogP) is 2.94. The second kappa shape index (κ2) is 6.78. The fourth-order valence-corrected chi connectivity index (χ4v) is 3.24. The molecule has 6 heteroatoms. The molecule has 0 saturated heterocycles. The molecule has 2 aromatic rings. The lowest BCUT2D eigenvalue weighted by molar-refractivity contribution is -0.115.